The van der Waals surface area contributed by atoms with Crippen LogP contribution in [0.25, 0.3) is 5.57 Å². The second kappa shape index (κ2) is 7.35. The summed E-state index contributed by atoms with van der Waals surface area (Å²) in [6, 6.07) is 20.6. The molecule has 148 valence electrons. The van der Waals surface area contributed by atoms with Crippen LogP contribution in [-0.2, 0) is 10.3 Å². The van der Waals surface area contributed by atoms with E-state index in [1.807, 2.05) is 36.5 Å². The number of amidine groups is 1. The molecule has 0 bridgehead atoms. The third-order valence-electron chi connectivity index (χ3n) is 5.78. The molecule has 0 saturated heterocycles. The van der Waals surface area contributed by atoms with Crippen LogP contribution in [0.5, 0.6) is 0 Å². The summed E-state index contributed by atoms with van der Waals surface area (Å²) < 4.78 is 5.49. The molecule has 0 spiro atoms. The number of nitrogens with zero attached hydrogens (tertiary/aromatic N) is 3. The minimum atomic E-state index is -0.716. The minimum Gasteiger partial charge on any atom is -0.383 e. The molecule has 30 heavy (non-hydrogen) atoms. The molecule has 2 aliphatic rings. The number of benzene rings is 2. The van der Waals surface area contributed by atoms with Gasteiger partial charge in [-0.2, -0.15) is 0 Å². The Labute approximate surface area is 175 Å². The second-order valence-corrected chi connectivity index (χ2v) is 7.46. The molecule has 2 N–H and O–H groups in total. The Bertz CT molecular complexity index is 1180. The van der Waals surface area contributed by atoms with Crippen molar-refractivity contribution in [1.82, 2.24) is 4.98 Å². The fraction of sp³-hybridized carbons (Fsp3) is 0.160. The first-order valence-electron chi connectivity index (χ1n) is 9.93. The van der Waals surface area contributed by atoms with Gasteiger partial charge in [-0.3, -0.25) is 9.98 Å². The number of ether oxygens (including phenoxy) is 1. The molecule has 1 aromatic heterocycles. The van der Waals surface area contributed by atoms with Crippen LogP contribution in [0.2, 0.25) is 0 Å². The van der Waals surface area contributed by atoms with E-state index < -0.39 is 5.54 Å². The minimum absolute atomic E-state index is 0.0105. The molecule has 2 unspecified atom stereocenters. The zero-order valence-corrected chi connectivity index (χ0v) is 16.7. The molecular formula is C25H22N4O. The maximum atomic E-state index is 6.40. The van der Waals surface area contributed by atoms with Gasteiger partial charge < -0.3 is 10.5 Å². The Hall–Kier alpha value is -3.57. The number of nitrogens with two attached hydrogens (primary N) is 1. The maximum absolute atomic E-state index is 6.40. The van der Waals surface area contributed by atoms with Gasteiger partial charge in [-0.1, -0.05) is 42.5 Å². The first kappa shape index (κ1) is 18.5. The summed E-state index contributed by atoms with van der Waals surface area (Å²) in [7, 11) is 1.71. The lowest BCUT2D eigenvalue weighted by molar-refractivity contribution is 0.148. The lowest BCUT2D eigenvalue weighted by atomic mass is 9.77. The molecule has 0 fully saturated rings. The van der Waals surface area contributed by atoms with E-state index in [0.717, 1.165) is 33.4 Å². The van der Waals surface area contributed by atoms with Gasteiger partial charge in [-0.25, -0.2) is 4.99 Å². The van der Waals surface area contributed by atoms with E-state index in [4.69, 9.17) is 15.5 Å². The van der Waals surface area contributed by atoms with Gasteiger partial charge in [0.25, 0.3) is 0 Å². The first-order chi connectivity index (χ1) is 14.7. The summed E-state index contributed by atoms with van der Waals surface area (Å²) in [6.07, 6.45) is 7.61. The van der Waals surface area contributed by atoms with Gasteiger partial charge in [0.1, 0.15) is 11.4 Å². The van der Waals surface area contributed by atoms with Crippen molar-refractivity contribution in [2.75, 3.05) is 13.7 Å². The number of rotatable bonds is 4. The molecule has 0 saturated carbocycles. The number of pyridine rings is 1. The van der Waals surface area contributed by atoms with Crippen molar-refractivity contribution in [3.8, 4) is 0 Å². The molecule has 3 heterocycles. The van der Waals surface area contributed by atoms with Gasteiger partial charge in [-0.05, 0) is 52.1 Å². The van der Waals surface area contributed by atoms with E-state index in [1.54, 1.807) is 19.5 Å². The van der Waals surface area contributed by atoms with Crippen molar-refractivity contribution in [3.05, 3.63) is 107 Å². The molecule has 2 aromatic carbocycles. The van der Waals surface area contributed by atoms with Crippen molar-refractivity contribution < 1.29 is 4.74 Å². The third-order valence-corrected chi connectivity index (χ3v) is 5.78. The number of aromatic nitrogens is 1. The zero-order valence-electron chi connectivity index (χ0n) is 16.7. The topological polar surface area (TPSA) is 72.9 Å². The number of dihydropyridines is 1. The predicted octanol–water partition coefficient (Wildman–Crippen LogP) is 3.58. The summed E-state index contributed by atoms with van der Waals surface area (Å²) in [5, 5.41) is 0. The van der Waals surface area contributed by atoms with Crippen LogP contribution in [0.15, 0.2) is 89.1 Å². The summed E-state index contributed by atoms with van der Waals surface area (Å²) >= 11 is 0. The van der Waals surface area contributed by atoms with Crippen LogP contribution in [0.1, 0.15) is 27.8 Å². The molecule has 5 rings (SSSR count). The van der Waals surface area contributed by atoms with E-state index in [-0.39, 0.29) is 6.10 Å². The molecule has 2 atom stereocenters. The summed E-state index contributed by atoms with van der Waals surface area (Å²) in [5.74, 6) is 0.547. The van der Waals surface area contributed by atoms with Gasteiger partial charge in [0.05, 0.1) is 12.6 Å². The highest BCUT2D eigenvalue weighted by atomic mass is 16.5. The number of methoxy groups -OCH3 is 1. The van der Waals surface area contributed by atoms with E-state index in [2.05, 4.69) is 46.4 Å². The molecule has 5 heteroatoms. The van der Waals surface area contributed by atoms with Crippen LogP contribution in [0.4, 0.5) is 0 Å². The van der Waals surface area contributed by atoms with Crippen molar-refractivity contribution in [1.29, 1.82) is 0 Å². The van der Waals surface area contributed by atoms with Crippen molar-refractivity contribution in [2.24, 2.45) is 15.7 Å². The quantitative estimate of drug-likeness (QED) is 0.735. The van der Waals surface area contributed by atoms with Gasteiger partial charge in [-0.15, -0.1) is 0 Å². The van der Waals surface area contributed by atoms with Crippen molar-refractivity contribution in [2.45, 2.75) is 11.6 Å². The van der Waals surface area contributed by atoms with E-state index >= 15 is 0 Å². The van der Waals surface area contributed by atoms with Crippen molar-refractivity contribution >= 4 is 17.6 Å². The first-order valence-corrected chi connectivity index (χ1v) is 9.93. The molecule has 0 aliphatic carbocycles. The molecule has 2 aliphatic heterocycles. The van der Waals surface area contributed by atoms with Crippen LogP contribution in [0.3, 0.4) is 0 Å². The number of allylic oxidation sites excluding steroid dienone is 1. The van der Waals surface area contributed by atoms with Crippen LogP contribution in [0, 0.1) is 0 Å². The van der Waals surface area contributed by atoms with E-state index in [1.165, 1.54) is 0 Å². The predicted molar refractivity (Wildman–Crippen MR) is 120 cm³/mol. The van der Waals surface area contributed by atoms with Gasteiger partial charge >= 0.3 is 0 Å². The Morgan fingerprint density at radius 2 is 1.83 bits per heavy atom. The largest absolute Gasteiger partial charge is 0.383 e. The molecule has 5 nitrogen and oxygen atoms in total. The Balaban J connectivity index is 1.72. The number of fused-ring (bicyclic) bond motifs is 1. The summed E-state index contributed by atoms with van der Waals surface area (Å²) in [4.78, 5) is 13.7. The van der Waals surface area contributed by atoms with Gasteiger partial charge in [0.2, 0.25) is 0 Å². The fourth-order valence-corrected chi connectivity index (χ4v) is 4.31. The fourth-order valence-electron chi connectivity index (χ4n) is 4.31. The molecule has 0 radical (unpaired) electrons. The average molecular weight is 394 g/mol. The second-order valence-electron chi connectivity index (χ2n) is 7.46. The highest BCUT2D eigenvalue weighted by Crippen LogP contribution is 2.46. The molecule has 3 aromatic rings. The van der Waals surface area contributed by atoms with E-state index in [0.29, 0.717) is 12.4 Å². The maximum Gasteiger partial charge on any atom is 0.139 e. The number of hydrogen-bond acceptors (Lipinski definition) is 5. The van der Waals surface area contributed by atoms with Crippen LogP contribution < -0.4 is 5.73 Å². The standard InChI is InChI=1S/C25H22N4O/c1-30-21-14-18(15-28-16-21)17-5-4-6-20(13-17)25(19-9-11-27-12-10-19)23-8-3-2-7-22(23)24(26)29-25/h2-15,21H,16H2,1H3,(H2,26,29). The van der Waals surface area contributed by atoms with E-state index in [9.17, 15) is 0 Å². The van der Waals surface area contributed by atoms with Gasteiger partial charge in [0, 0.05) is 31.3 Å². The average Bonchev–Trinajstić information content (AvgIpc) is 3.13. The zero-order chi connectivity index (χ0) is 20.6. The number of hydrogen-bond donors (Lipinski definition) is 1. The van der Waals surface area contributed by atoms with Crippen LogP contribution >= 0.6 is 0 Å². The third kappa shape index (κ3) is 2.86. The van der Waals surface area contributed by atoms with Crippen LogP contribution in [-0.4, -0.2) is 36.8 Å². The highest BCUT2D eigenvalue weighted by Gasteiger charge is 2.42. The molecular weight excluding hydrogens is 372 g/mol. The highest BCUT2D eigenvalue weighted by molar-refractivity contribution is 6.10. The van der Waals surface area contributed by atoms with Crippen molar-refractivity contribution in [3.63, 3.8) is 0 Å². The Morgan fingerprint density at radius 1 is 1.00 bits per heavy atom. The Morgan fingerprint density at radius 3 is 2.67 bits per heavy atom. The summed E-state index contributed by atoms with van der Waals surface area (Å²) in [5.41, 5.74) is 11.9. The SMILES string of the molecule is COC1C=C(c2cccc(C3(c4ccncc4)N=C(N)c4ccccc43)c2)C=NC1. The Kier molecular flexibility index (Phi) is 4.52. The monoisotopic (exact) mass is 394 g/mol. The molecule has 0 amide bonds. The lowest BCUT2D eigenvalue weighted by Crippen LogP contribution is -2.25. The summed E-state index contributed by atoms with van der Waals surface area (Å²) in [6.45, 7) is 0.648. The van der Waals surface area contributed by atoms with Gasteiger partial charge in [0.15, 0.2) is 0 Å². The number of aliphatic imine (C=N–C) groups is 2. The normalized spacial score (nSPS) is 22.4. The smallest absolute Gasteiger partial charge is 0.139 e. The lowest BCUT2D eigenvalue weighted by Gasteiger charge is -2.29.